The van der Waals surface area contributed by atoms with Crippen molar-refractivity contribution < 1.29 is 19.1 Å². The van der Waals surface area contributed by atoms with Crippen LogP contribution in [0.2, 0.25) is 0 Å². The molecule has 1 atom stereocenters. The molecule has 0 radical (unpaired) electrons. The first-order chi connectivity index (χ1) is 14.9. The van der Waals surface area contributed by atoms with E-state index in [1.54, 1.807) is 35.3 Å². The molecule has 5 rings (SSSR count). The minimum Gasteiger partial charge on any atom is -0.494 e. The van der Waals surface area contributed by atoms with E-state index in [1.165, 1.54) is 16.7 Å². The van der Waals surface area contributed by atoms with Gasteiger partial charge in [-0.05, 0) is 29.3 Å². The van der Waals surface area contributed by atoms with E-state index in [4.69, 9.17) is 0 Å². The molecule has 1 saturated heterocycles. The van der Waals surface area contributed by atoms with E-state index in [1.807, 2.05) is 25.4 Å². The Hall–Kier alpha value is -4.14. The number of benzene rings is 2. The lowest BCUT2D eigenvalue weighted by Crippen LogP contribution is -2.47. The first-order valence-corrected chi connectivity index (χ1v) is 9.56. The van der Waals surface area contributed by atoms with Gasteiger partial charge in [-0.3, -0.25) is 14.8 Å². The van der Waals surface area contributed by atoms with Crippen LogP contribution in [0.1, 0.15) is 5.56 Å². The Bertz CT molecular complexity index is 1340. The number of aromatic hydroxyl groups is 1. The first-order valence-electron chi connectivity index (χ1n) is 9.56. The monoisotopic (exact) mass is 419 g/mol. The van der Waals surface area contributed by atoms with Crippen molar-refractivity contribution >= 4 is 22.7 Å². The van der Waals surface area contributed by atoms with Gasteiger partial charge < -0.3 is 15.0 Å². The second-order valence-electron chi connectivity index (χ2n) is 7.61. The summed E-state index contributed by atoms with van der Waals surface area (Å²) in [7, 11) is 1.82. The lowest BCUT2D eigenvalue weighted by Gasteiger charge is -2.27. The number of amides is 3. The van der Waals surface area contributed by atoms with Crippen LogP contribution in [0.5, 0.6) is 5.88 Å². The first kappa shape index (κ1) is 18.9. The second-order valence-corrected chi connectivity index (χ2v) is 7.61. The number of carbonyl (C=O) groups excluding carboxylic acids is 2. The Labute approximate surface area is 175 Å². The van der Waals surface area contributed by atoms with Gasteiger partial charge in [0.05, 0.1) is 12.7 Å². The zero-order chi connectivity index (χ0) is 21.8. The summed E-state index contributed by atoms with van der Waals surface area (Å²) < 4.78 is 16.7. The third-order valence-corrected chi connectivity index (χ3v) is 5.59. The maximum atomic E-state index is 13.6. The van der Waals surface area contributed by atoms with Gasteiger partial charge >= 0.3 is 6.03 Å². The highest BCUT2D eigenvalue weighted by molar-refractivity contribution is 6.07. The van der Waals surface area contributed by atoms with Crippen molar-refractivity contribution in [3.05, 3.63) is 72.4 Å². The van der Waals surface area contributed by atoms with Gasteiger partial charge in [0, 0.05) is 35.8 Å². The van der Waals surface area contributed by atoms with E-state index in [2.05, 4.69) is 15.7 Å². The highest BCUT2D eigenvalue weighted by atomic mass is 19.1. The summed E-state index contributed by atoms with van der Waals surface area (Å²) in [5, 5.41) is 20.7. The number of fused-ring (bicyclic) bond motifs is 1. The quantitative estimate of drug-likeness (QED) is 0.443. The van der Waals surface area contributed by atoms with Gasteiger partial charge in [0.15, 0.2) is 11.4 Å². The predicted octanol–water partition coefficient (Wildman–Crippen LogP) is 2.62. The number of rotatable bonds is 4. The van der Waals surface area contributed by atoms with Crippen molar-refractivity contribution in [2.75, 3.05) is 0 Å². The van der Waals surface area contributed by atoms with Crippen molar-refractivity contribution in [2.45, 2.75) is 12.1 Å². The molecule has 9 heteroatoms. The molecule has 2 aromatic carbocycles. The summed E-state index contributed by atoms with van der Waals surface area (Å²) in [6.45, 7) is -0.0705. The van der Waals surface area contributed by atoms with Crippen LogP contribution in [-0.2, 0) is 23.9 Å². The molecule has 8 nitrogen and oxygen atoms in total. The summed E-state index contributed by atoms with van der Waals surface area (Å²) in [6, 6.07) is 10.6. The Morgan fingerprint density at radius 2 is 1.87 bits per heavy atom. The summed E-state index contributed by atoms with van der Waals surface area (Å²) in [4.78, 5) is 24.9. The molecule has 1 aliphatic rings. The highest BCUT2D eigenvalue weighted by Gasteiger charge is 2.48. The molecule has 3 amide bonds. The second kappa shape index (κ2) is 6.69. The number of imide groups is 1. The van der Waals surface area contributed by atoms with Crippen molar-refractivity contribution in [3.63, 3.8) is 0 Å². The Morgan fingerprint density at radius 1 is 1.10 bits per heavy atom. The lowest BCUT2D eigenvalue weighted by atomic mass is 9.88. The van der Waals surface area contributed by atoms with Crippen LogP contribution in [-0.4, -0.2) is 31.4 Å². The topological polar surface area (TPSA) is 101 Å². The third kappa shape index (κ3) is 3.02. The third-order valence-electron chi connectivity index (χ3n) is 5.59. The summed E-state index contributed by atoms with van der Waals surface area (Å²) in [6.07, 6.45) is 5.22. The molecule has 1 aliphatic heterocycles. The van der Waals surface area contributed by atoms with Crippen LogP contribution in [0.3, 0.4) is 0 Å². The van der Waals surface area contributed by atoms with Crippen LogP contribution in [0, 0.1) is 5.82 Å². The largest absolute Gasteiger partial charge is 0.494 e. The van der Waals surface area contributed by atoms with E-state index in [0.717, 1.165) is 11.1 Å². The van der Waals surface area contributed by atoms with Crippen LogP contribution < -0.4 is 10.6 Å². The van der Waals surface area contributed by atoms with Gasteiger partial charge in [-0.15, -0.1) is 0 Å². The van der Waals surface area contributed by atoms with Crippen molar-refractivity contribution in [3.8, 4) is 17.0 Å². The molecule has 156 valence electrons. The lowest BCUT2D eigenvalue weighted by molar-refractivity contribution is -0.124. The number of carbonyl (C=O) groups is 2. The van der Waals surface area contributed by atoms with Gasteiger partial charge in [0.2, 0.25) is 0 Å². The minimum absolute atomic E-state index is 0.0705. The molecule has 0 spiro atoms. The maximum Gasteiger partial charge on any atom is 0.322 e. The van der Waals surface area contributed by atoms with Gasteiger partial charge in [0.25, 0.3) is 5.91 Å². The highest BCUT2D eigenvalue weighted by Crippen LogP contribution is 2.34. The number of halogens is 1. The van der Waals surface area contributed by atoms with Crippen LogP contribution in [0.4, 0.5) is 9.18 Å². The molecule has 3 heterocycles. The normalized spacial score (nSPS) is 18.4. The van der Waals surface area contributed by atoms with E-state index >= 15 is 0 Å². The standard InChI is InChI=1S/C22H18FN5O3/c1-27-10-15(9-24-27)13-2-5-16(6-3-13)22(20(30)25-21(31)26-22)12-28-11-14-4-7-17(23)8-18(14)19(28)29/h2-11,29H,12H2,1H3,(H2,25,26,30,31)/t22-/m0/s1. The molecule has 4 aromatic rings. The van der Waals surface area contributed by atoms with Crippen LogP contribution in [0.15, 0.2) is 61.1 Å². The number of aryl methyl sites for hydroxylation is 1. The number of aromatic nitrogens is 3. The fourth-order valence-corrected chi connectivity index (χ4v) is 4.01. The fraction of sp³-hybridized carbons (Fsp3) is 0.136. The molecule has 0 unspecified atom stereocenters. The van der Waals surface area contributed by atoms with E-state index in [9.17, 15) is 19.1 Å². The summed E-state index contributed by atoms with van der Waals surface area (Å²) >= 11 is 0. The van der Waals surface area contributed by atoms with Crippen molar-refractivity contribution in [1.29, 1.82) is 0 Å². The summed E-state index contributed by atoms with van der Waals surface area (Å²) in [5.41, 5.74) is 0.934. The number of nitrogens with one attached hydrogen (secondary N) is 2. The molecule has 1 fully saturated rings. The molecule has 2 aromatic heterocycles. The molecule has 31 heavy (non-hydrogen) atoms. The van der Waals surface area contributed by atoms with Crippen molar-refractivity contribution in [1.82, 2.24) is 25.0 Å². The summed E-state index contributed by atoms with van der Waals surface area (Å²) in [5.74, 6) is -1.20. The molecule has 0 aliphatic carbocycles. The van der Waals surface area contributed by atoms with E-state index in [0.29, 0.717) is 16.3 Å². The Kier molecular flexibility index (Phi) is 4.07. The van der Waals surface area contributed by atoms with Crippen LogP contribution in [0.25, 0.3) is 21.9 Å². The predicted molar refractivity (Wildman–Crippen MR) is 111 cm³/mol. The zero-order valence-electron chi connectivity index (χ0n) is 16.5. The zero-order valence-corrected chi connectivity index (χ0v) is 16.5. The molecule has 3 N–H and O–H groups in total. The Morgan fingerprint density at radius 3 is 2.52 bits per heavy atom. The van der Waals surface area contributed by atoms with E-state index in [-0.39, 0.29) is 12.4 Å². The average Bonchev–Trinajstić information content (AvgIpc) is 3.39. The molecule has 0 saturated carbocycles. The number of hydrogen-bond donors (Lipinski definition) is 3. The van der Waals surface area contributed by atoms with Gasteiger partial charge in [-0.25, -0.2) is 9.18 Å². The molecule has 0 bridgehead atoms. The number of urea groups is 1. The molecular weight excluding hydrogens is 401 g/mol. The fourth-order valence-electron chi connectivity index (χ4n) is 4.01. The van der Waals surface area contributed by atoms with Crippen LogP contribution >= 0.6 is 0 Å². The maximum absolute atomic E-state index is 13.6. The smallest absolute Gasteiger partial charge is 0.322 e. The minimum atomic E-state index is -1.43. The number of nitrogens with zero attached hydrogens (tertiary/aromatic N) is 3. The van der Waals surface area contributed by atoms with Gasteiger partial charge in [-0.2, -0.15) is 5.10 Å². The van der Waals surface area contributed by atoms with Gasteiger partial charge in [0.1, 0.15) is 5.82 Å². The van der Waals surface area contributed by atoms with E-state index < -0.39 is 23.3 Å². The molecular formula is C22H18FN5O3. The average molecular weight is 419 g/mol. The number of hydrogen-bond acceptors (Lipinski definition) is 4. The Balaban J connectivity index is 1.57. The van der Waals surface area contributed by atoms with Crippen molar-refractivity contribution in [2.24, 2.45) is 7.05 Å². The SMILES string of the molecule is Cn1cc(-c2ccc([C@]3(Cn4cc5ccc(F)cc5c4O)NC(=O)NC3=O)cc2)cn1. The van der Waals surface area contributed by atoms with Gasteiger partial charge in [-0.1, -0.05) is 24.3 Å².